The van der Waals surface area contributed by atoms with Crippen LogP contribution in [0.1, 0.15) is 11.3 Å². The number of amides is 1. The summed E-state index contributed by atoms with van der Waals surface area (Å²) >= 11 is 4.66. The molecule has 2 aromatic carbocycles. The Kier molecular flexibility index (Phi) is 6.85. The summed E-state index contributed by atoms with van der Waals surface area (Å²) in [6, 6.07) is 16.5. The van der Waals surface area contributed by atoms with Crippen molar-refractivity contribution in [3.63, 3.8) is 0 Å². The van der Waals surface area contributed by atoms with Gasteiger partial charge < -0.3 is 15.8 Å². The van der Waals surface area contributed by atoms with Crippen LogP contribution in [0.15, 0.2) is 65.9 Å². The molecule has 1 aromatic heterocycles. The number of thiocarbonyl (C=S) groups is 1. The summed E-state index contributed by atoms with van der Waals surface area (Å²) in [6.07, 6.45) is 3.27. The van der Waals surface area contributed by atoms with Gasteiger partial charge in [-0.05, 0) is 54.2 Å². The highest BCUT2D eigenvalue weighted by Crippen LogP contribution is 2.13. The molecule has 0 atom stereocenters. The number of nitrogens with one attached hydrogen (secondary N) is 2. The molecule has 29 heavy (non-hydrogen) atoms. The first kappa shape index (κ1) is 20.0. The fourth-order valence-corrected chi connectivity index (χ4v) is 2.38. The van der Waals surface area contributed by atoms with Crippen LogP contribution < -0.4 is 21.2 Å². The number of hydrogen-bond acceptors (Lipinski definition) is 6. The number of rotatable bonds is 8. The van der Waals surface area contributed by atoms with E-state index in [0.29, 0.717) is 11.4 Å². The Morgan fingerprint density at radius 2 is 1.97 bits per heavy atom. The summed E-state index contributed by atoms with van der Waals surface area (Å²) in [4.78, 5) is 12.1. The second-order valence-electron chi connectivity index (χ2n) is 5.91. The number of aromatic nitrogens is 3. The number of carbonyl (C=O) groups excluding carboxylic acids is 1. The molecule has 10 heteroatoms. The van der Waals surface area contributed by atoms with Crippen LogP contribution in [0.4, 0.5) is 5.69 Å². The molecule has 0 aliphatic heterocycles. The van der Waals surface area contributed by atoms with Crippen LogP contribution in [0.3, 0.4) is 0 Å². The van der Waals surface area contributed by atoms with Crippen LogP contribution in [0, 0.1) is 0 Å². The number of nitrogens with two attached hydrogens (primary N) is 1. The summed E-state index contributed by atoms with van der Waals surface area (Å²) < 4.78 is 7.15. The van der Waals surface area contributed by atoms with Gasteiger partial charge in [0.2, 0.25) is 5.91 Å². The highest BCUT2D eigenvalue weighted by atomic mass is 32.1. The van der Waals surface area contributed by atoms with E-state index in [1.54, 1.807) is 24.5 Å². The van der Waals surface area contributed by atoms with Crippen molar-refractivity contribution in [1.82, 2.24) is 20.4 Å². The summed E-state index contributed by atoms with van der Waals surface area (Å²) in [6.45, 7) is 0.299. The minimum Gasteiger partial charge on any atom is -0.487 e. The number of para-hydroxylation sites is 1. The monoisotopic (exact) mass is 409 g/mol. The van der Waals surface area contributed by atoms with Gasteiger partial charge in [-0.2, -0.15) is 5.10 Å². The minimum absolute atomic E-state index is 0.0657. The van der Waals surface area contributed by atoms with E-state index in [2.05, 4.69) is 38.4 Å². The van der Waals surface area contributed by atoms with Crippen molar-refractivity contribution in [3.05, 3.63) is 72.1 Å². The molecule has 0 bridgehead atoms. The number of hydrogen-bond donors (Lipinski definition) is 3. The molecule has 4 N–H and O–H groups in total. The SMILES string of the molecule is NC(=S)N/N=C/c1ccc(OCc2cn(CC(=O)Nc3ccccc3)nn2)cc1. The maximum atomic E-state index is 12.1. The van der Waals surface area contributed by atoms with Gasteiger partial charge in [0.05, 0.1) is 12.4 Å². The summed E-state index contributed by atoms with van der Waals surface area (Å²) in [5, 5.41) is 14.8. The van der Waals surface area contributed by atoms with E-state index in [-0.39, 0.29) is 24.2 Å². The molecule has 0 spiro atoms. The first-order valence-electron chi connectivity index (χ1n) is 8.64. The number of ether oxygens (including phenoxy) is 1. The van der Waals surface area contributed by atoms with Crippen molar-refractivity contribution in [2.75, 3.05) is 5.32 Å². The lowest BCUT2D eigenvalue weighted by molar-refractivity contribution is -0.116. The van der Waals surface area contributed by atoms with Gasteiger partial charge in [0.15, 0.2) is 5.11 Å². The van der Waals surface area contributed by atoms with Crippen LogP contribution in [0.2, 0.25) is 0 Å². The smallest absolute Gasteiger partial charge is 0.246 e. The molecule has 148 valence electrons. The van der Waals surface area contributed by atoms with E-state index in [1.807, 2.05) is 42.5 Å². The average Bonchev–Trinajstić information content (AvgIpc) is 3.15. The Morgan fingerprint density at radius 1 is 1.21 bits per heavy atom. The molecule has 0 unspecified atom stereocenters. The molecule has 0 fully saturated rings. The Morgan fingerprint density at radius 3 is 2.69 bits per heavy atom. The van der Waals surface area contributed by atoms with Crippen LogP contribution >= 0.6 is 12.2 Å². The fourth-order valence-electron chi connectivity index (χ4n) is 2.33. The topological polar surface area (TPSA) is 119 Å². The third kappa shape index (κ3) is 6.70. The van der Waals surface area contributed by atoms with Crippen molar-refractivity contribution in [2.24, 2.45) is 10.8 Å². The Bertz CT molecular complexity index is 987. The number of nitrogens with zero attached hydrogens (tertiary/aromatic N) is 4. The van der Waals surface area contributed by atoms with Crippen LogP contribution in [0.25, 0.3) is 0 Å². The van der Waals surface area contributed by atoms with Gasteiger partial charge in [-0.25, -0.2) is 4.68 Å². The molecule has 3 rings (SSSR count). The molecule has 1 amide bonds. The second kappa shape index (κ2) is 9.95. The molecule has 0 saturated heterocycles. The highest BCUT2D eigenvalue weighted by molar-refractivity contribution is 7.80. The third-order valence-corrected chi connectivity index (χ3v) is 3.70. The van der Waals surface area contributed by atoms with Crippen molar-refractivity contribution >= 4 is 35.1 Å². The van der Waals surface area contributed by atoms with Crippen molar-refractivity contribution in [2.45, 2.75) is 13.2 Å². The van der Waals surface area contributed by atoms with Crippen LogP contribution in [0.5, 0.6) is 5.75 Å². The predicted octanol–water partition coefficient (Wildman–Crippen LogP) is 1.66. The molecule has 0 aliphatic rings. The predicted molar refractivity (Wildman–Crippen MR) is 113 cm³/mol. The van der Waals surface area contributed by atoms with Crippen LogP contribution in [-0.4, -0.2) is 32.2 Å². The molecular formula is C19H19N7O2S. The van der Waals surface area contributed by atoms with E-state index < -0.39 is 0 Å². The number of hydrazone groups is 1. The summed E-state index contributed by atoms with van der Waals surface area (Å²) in [7, 11) is 0. The van der Waals surface area contributed by atoms with Gasteiger partial charge in [0.25, 0.3) is 0 Å². The van der Waals surface area contributed by atoms with Crippen molar-refractivity contribution in [1.29, 1.82) is 0 Å². The van der Waals surface area contributed by atoms with Gasteiger partial charge in [-0.3, -0.25) is 10.2 Å². The van der Waals surface area contributed by atoms with E-state index in [0.717, 1.165) is 11.3 Å². The van der Waals surface area contributed by atoms with Gasteiger partial charge in [0, 0.05) is 5.69 Å². The van der Waals surface area contributed by atoms with E-state index in [4.69, 9.17) is 10.5 Å². The van der Waals surface area contributed by atoms with Gasteiger partial charge in [-0.1, -0.05) is 23.4 Å². The Labute approximate surface area is 172 Å². The summed E-state index contributed by atoms with van der Waals surface area (Å²) in [5.41, 5.74) is 9.98. The number of anilines is 1. The zero-order valence-corrected chi connectivity index (χ0v) is 16.2. The van der Waals surface area contributed by atoms with Crippen molar-refractivity contribution < 1.29 is 9.53 Å². The minimum atomic E-state index is -0.185. The maximum absolute atomic E-state index is 12.1. The molecular weight excluding hydrogens is 390 g/mol. The van der Waals surface area contributed by atoms with Crippen molar-refractivity contribution in [3.8, 4) is 5.75 Å². The zero-order chi connectivity index (χ0) is 20.5. The highest BCUT2D eigenvalue weighted by Gasteiger charge is 2.07. The lowest BCUT2D eigenvalue weighted by atomic mass is 10.2. The number of carbonyl (C=O) groups is 1. The lowest BCUT2D eigenvalue weighted by Crippen LogP contribution is -2.23. The standard InChI is InChI=1S/C19H19N7O2S/c20-19(29)24-21-10-14-6-8-17(9-7-14)28-13-16-11-26(25-23-16)12-18(27)22-15-4-2-1-3-5-15/h1-11H,12-13H2,(H,22,27)(H3,20,24,29)/b21-10+. The quantitative estimate of drug-likeness (QED) is 0.294. The van der Waals surface area contributed by atoms with Gasteiger partial charge in [0.1, 0.15) is 24.6 Å². The van der Waals surface area contributed by atoms with E-state index in [9.17, 15) is 4.79 Å². The Hall–Kier alpha value is -3.79. The third-order valence-electron chi connectivity index (χ3n) is 3.60. The lowest BCUT2D eigenvalue weighted by Gasteiger charge is -2.04. The van der Waals surface area contributed by atoms with E-state index >= 15 is 0 Å². The first-order chi connectivity index (χ1) is 14.1. The maximum Gasteiger partial charge on any atom is 0.246 e. The normalized spacial score (nSPS) is 10.6. The Balaban J connectivity index is 1.47. The molecule has 0 aliphatic carbocycles. The van der Waals surface area contributed by atoms with Crippen LogP contribution in [-0.2, 0) is 17.9 Å². The first-order valence-corrected chi connectivity index (χ1v) is 9.04. The molecule has 9 nitrogen and oxygen atoms in total. The molecule has 1 heterocycles. The van der Waals surface area contributed by atoms with E-state index in [1.165, 1.54) is 4.68 Å². The second-order valence-corrected chi connectivity index (χ2v) is 6.35. The molecule has 0 saturated carbocycles. The number of benzene rings is 2. The largest absolute Gasteiger partial charge is 0.487 e. The summed E-state index contributed by atoms with van der Waals surface area (Å²) in [5.74, 6) is 0.483. The van der Waals surface area contributed by atoms with Gasteiger partial charge >= 0.3 is 0 Å². The fraction of sp³-hybridized carbons (Fsp3) is 0.105. The zero-order valence-electron chi connectivity index (χ0n) is 15.4. The van der Waals surface area contributed by atoms with Gasteiger partial charge in [-0.15, -0.1) is 5.10 Å². The molecule has 0 radical (unpaired) electrons. The molecule has 3 aromatic rings. The average molecular weight is 409 g/mol.